The SMILES string of the molecule is C[C@H]1S[C@@H](n2cnc3c(NC4CCCCC4)nc(Cl)nc32)[C@H](O)[C@@H]1O. The number of anilines is 1. The molecular formula is C16H22ClN5O2S. The molecule has 9 heteroatoms. The average molecular weight is 384 g/mol. The van der Waals surface area contributed by atoms with Gasteiger partial charge in [-0.3, -0.25) is 4.57 Å². The normalized spacial score (nSPS) is 30.9. The fraction of sp³-hybridized carbons (Fsp3) is 0.688. The summed E-state index contributed by atoms with van der Waals surface area (Å²) in [5, 5.41) is 23.6. The minimum absolute atomic E-state index is 0.0606. The molecule has 1 saturated heterocycles. The second-order valence-corrected chi connectivity index (χ2v) is 8.69. The first-order valence-electron chi connectivity index (χ1n) is 8.73. The standard InChI is InChI=1S/C16H22ClN5O2S/c1-8-11(23)12(24)15(25-8)22-7-18-10-13(20-16(17)21-14(10)22)19-9-5-3-2-4-6-9/h7-9,11-12,15,23-24H,2-6H2,1H3,(H,19,20,21)/t8-,11-,12-,15-/m1/s1. The molecule has 1 aliphatic heterocycles. The van der Waals surface area contributed by atoms with Crippen LogP contribution in [0.5, 0.6) is 0 Å². The zero-order valence-corrected chi connectivity index (χ0v) is 15.5. The molecule has 0 radical (unpaired) electrons. The molecule has 4 rings (SSSR count). The Morgan fingerprint density at radius 1 is 1.20 bits per heavy atom. The van der Waals surface area contributed by atoms with E-state index in [0.29, 0.717) is 23.0 Å². The maximum Gasteiger partial charge on any atom is 0.226 e. The number of aromatic nitrogens is 4. The largest absolute Gasteiger partial charge is 0.389 e. The molecule has 0 aromatic carbocycles. The monoisotopic (exact) mass is 383 g/mol. The van der Waals surface area contributed by atoms with Crippen LogP contribution in [0.2, 0.25) is 5.28 Å². The molecule has 3 heterocycles. The molecule has 3 N–H and O–H groups in total. The molecule has 1 saturated carbocycles. The molecular weight excluding hydrogens is 362 g/mol. The van der Waals surface area contributed by atoms with E-state index in [-0.39, 0.29) is 15.9 Å². The molecule has 2 fully saturated rings. The number of rotatable bonds is 3. The van der Waals surface area contributed by atoms with E-state index in [1.165, 1.54) is 31.0 Å². The molecule has 136 valence electrons. The van der Waals surface area contributed by atoms with E-state index < -0.39 is 12.2 Å². The Morgan fingerprint density at radius 2 is 1.96 bits per heavy atom. The predicted molar refractivity (Wildman–Crippen MR) is 98.9 cm³/mol. The van der Waals surface area contributed by atoms with E-state index in [9.17, 15) is 10.2 Å². The van der Waals surface area contributed by atoms with Crippen LogP contribution in [0.25, 0.3) is 11.2 Å². The molecule has 2 aromatic rings. The molecule has 0 amide bonds. The molecule has 2 aromatic heterocycles. The molecule has 4 atom stereocenters. The number of nitrogens with zero attached hydrogens (tertiary/aromatic N) is 4. The lowest BCUT2D eigenvalue weighted by Crippen LogP contribution is -2.30. The Bertz CT molecular complexity index is 766. The lowest BCUT2D eigenvalue weighted by Gasteiger charge is -2.23. The first-order chi connectivity index (χ1) is 12.0. The molecule has 0 spiro atoms. The number of halogens is 1. The highest BCUT2D eigenvalue weighted by molar-refractivity contribution is 8.00. The summed E-state index contributed by atoms with van der Waals surface area (Å²) in [5.41, 5.74) is 1.23. The Morgan fingerprint density at radius 3 is 2.64 bits per heavy atom. The lowest BCUT2D eigenvalue weighted by molar-refractivity contribution is 0.0206. The second kappa shape index (κ2) is 6.90. The van der Waals surface area contributed by atoms with Crippen molar-refractivity contribution in [2.45, 2.75) is 67.9 Å². The quantitative estimate of drug-likeness (QED) is 0.701. The van der Waals surface area contributed by atoms with Crippen LogP contribution >= 0.6 is 23.4 Å². The van der Waals surface area contributed by atoms with Gasteiger partial charge < -0.3 is 15.5 Å². The fourth-order valence-corrected chi connectivity index (χ4v) is 5.21. The summed E-state index contributed by atoms with van der Waals surface area (Å²) < 4.78 is 1.79. The number of fused-ring (bicyclic) bond motifs is 1. The van der Waals surface area contributed by atoms with Crippen molar-refractivity contribution in [3.8, 4) is 0 Å². The summed E-state index contributed by atoms with van der Waals surface area (Å²) in [4.78, 5) is 13.1. The molecule has 0 bridgehead atoms. The highest BCUT2D eigenvalue weighted by Gasteiger charge is 2.41. The minimum atomic E-state index is -0.874. The van der Waals surface area contributed by atoms with Gasteiger partial charge in [0.25, 0.3) is 0 Å². The van der Waals surface area contributed by atoms with Crippen LogP contribution in [0, 0.1) is 0 Å². The highest BCUT2D eigenvalue weighted by Crippen LogP contribution is 2.43. The summed E-state index contributed by atoms with van der Waals surface area (Å²) in [6.45, 7) is 1.90. The minimum Gasteiger partial charge on any atom is -0.389 e. The van der Waals surface area contributed by atoms with E-state index in [1.807, 2.05) is 6.92 Å². The van der Waals surface area contributed by atoms with Crippen LogP contribution in [-0.4, -0.2) is 53.2 Å². The third-order valence-corrected chi connectivity index (χ3v) is 6.75. The van der Waals surface area contributed by atoms with E-state index >= 15 is 0 Å². The maximum absolute atomic E-state index is 10.3. The number of nitrogens with one attached hydrogen (secondary N) is 1. The average Bonchev–Trinajstić information content (AvgIpc) is 3.12. The molecule has 1 aliphatic carbocycles. The van der Waals surface area contributed by atoms with Gasteiger partial charge in [0.1, 0.15) is 11.5 Å². The second-order valence-electron chi connectivity index (χ2n) is 6.86. The maximum atomic E-state index is 10.3. The number of thioether (sulfide) groups is 1. The van der Waals surface area contributed by atoms with Crippen LogP contribution in [0.1, 0.15) is 44.4 Å². The van der Waals surface area contributed by atoms with E-state index in [0.717, 1.165) is 12.8 Å². The van der Waals surface area contributed by atoms with Crippen LogP contribution in [0.15, 0.2) is 6.33 Å². The highest BCUT2D eigenvalue weighted by atomic mass is 35.5. The van der Waals surface area contributed by atoms with Crippen LogP contribution in [0.3, 0.4) is 0 Å². The number of imidazole rings is 1. The number of aliphatic hydroxyl groups excluding tert-OH is 2. The van der Waals surface area contributed by atoms with Crippen LogP contribution in [-0.2, 0) is 0 Å². The Balaban J connectivity index is 1.69. The van der Waals surface area contributed by atoms with Crippen LogP contribution < -0.4 is 5.32 Å². The van der Waals surface area contributed by atoms with Crippen molar-refractivity contribution in [2.24, 2.45) is 0 Å². The number of aliphatic hydroxyl groups is 2. The van der Waals surface area contributed by atoms with Crippen molar-refractivity contribution >= 4 is 40.3 Å². The third kappa shape index (κ3) is 3.20. The summed E-state index contributed by atoms with van der Waals surface area (Å²) in [7, 11) is 0. The van der Waals surface area contributed by atoms with Crippen molar-refractivity contribution in [1.82, 2.24) is 19.5 Å². The van der Waals surface area contributed by atoms with Gasteiger partial charge in [0.05, 0.1) is 12.4 Å². The summed E-state index contributed by atoms with van der Waals surface area (Å²) in [6, 6.07) is 0.376. The van der Waals surface area contributed by atoms with Crippen LogP contribution in [0.4, 0.5) is 5.82 Å². The van der Waals surface area contributed by atoms with Gasteiger partial charge >= 0.3 is 0 Å². The number of hydrogen-bond donors (Lipinski definition) is 3. The van der Waals surface area contributed by atoms with Gasteiger partial charge in [-0.25, -0.2) is 4.98 Å². The van der Waals surface area contributed by atoms with Gasteiger partial charge in [0.2, 0.25) is 5.28 Å². The summed E-state index contributed by atoms with van der Waals surface area (Å²) in [6.07, 6.45) is 5.95. The Labute approximate surface area is 155 Å². The fourth-order valence-electron chi connectivity index (χ4n) is 3.67. The van der Waals surface area contributed by atoms with Crippen molar-refractivity contribution in [3.05, 3.63) is 11.6 Å². The van der Waals surface area contributed by atoms with Gasteiger partial charge in [0.15, 0.2) is 17.0 Å². The zero-order valence-electron chi connectivity index (χ0n) is 14.0. The van der Waals surface area contributed by atoms with E-state index in [1.54, 1.807) is 10.9 Å². The van der Waals surface area contributed by atoms with E-state index in [2.05, 4.69) is 20.3 Å². The van der Waals surface area contributed by atoms with E-state index in [4.69, 9.17) is 11.6 Å². The summed E-state index contributed by atoms with van der Waals surface area (Å²) >= 11 is 7.65. The first kappa shape index (κ1) is 17.3. The number of hydrogen-bond acceptors (Lipinski definition) is 7. The smallest absolute Gasteiger partial charge is 0.226 e. The topological polar surface area (TPSA) is 96.1 Å². The van der Waals surface area contributed by atoms with Gasteiger partial charge in [-0.2, -0.15) is 9.97 Å². The van der Waals surface area contributed by atoms with Crippen molar-refractivity contribution in [3.63, 3.8) is 0 Å². The van der Waals surface area contributed by atoms with Gasteiger partial charge in [0, 0.05) is 11.3 Å². The van der Waals surface area contributed by atoms with Crippen molar-refractivity contribution < 1.29 is 10.2 Å². The Hall–Kier alpha value is -1.09. The molecule has 2 aliphatic rings. The summed E-state index contributed by atoms with van der Waals surface area (Å²) in [5.74, 6) is 0.645. The van der Waals surface area contributed by atoms with Gasteiger partial charge in [-0.05, 0) is 24.4 Å². The van der Waals surface area contributed by atoms with Crippen molar-refractivity contribution in [1.29, 1.82) is 0 Å². The van der Waals surface area contributed by atoms with Crippen molar-refractivity contribution in [2.75, 3.05) is 5.32 Å². The molecule has 0 unspecified atom stereocenters. The zero-order chi connectivity index (χ0) is 17.6. The molecule has 7 nitrogen and oxygen atoms in total. The lowest BCUT2D eigenvalue weighted by atomic mass is 9.95. The van der Waals surface area contributed by atoms with Gasteiger partial charge in [-0.1, -0.05) is 26.2 Å². The predicted octanol–water partition coefficient (Wildman–Crippen LogP) is 2.58. The third-order valence-electron chi connectivity index (χ3n) is 5.09. The van der Waals surface area contributed by atoms with Gasteiger partial charge in [-0.15, -0.1) is 11.8 Å². The Kier molecular flexibility index (Phi) is 4.79. The molecule has 25 heavy (non-hydrogen) atoms. The first-order valence-corrected chi connectivity index (χ1v) is 10.0.